The van der Waals surface area contributed by atoms with Crippen LogP contribution >= 0.6 is 0 Å². The lowest BCUT2D eigenvalue weighted by Crippen LogP contribution is -2.28. The lowest BCUT2D eigenvalue weighted by atomic mass is 10.0. The molecule has 1 N–H and O–H groups in total. The summed E-state index contributed by atoms with van der Waals surface area (Å²) in [5.41, 5.74) is 2.77. The van der Waals surface area contributed by atoms with Crippen molar-refractivity contribution in [1.29, 1.82) is 0 Å². The van der Waals surface area contributed by atoms with Gasteiger partial charge in [-0.2, -0.15) is 0 Å². The van der Waals surface area contributed by atoms with Gasteiger partial charge in [-0.25, -0.2) is 0 Å². The Hall–Kier alpha value is -2.88. The Bertz CT molecular complexity index is 856. The van der Waals surface area contributed by atoms with Crippen LogP contribution in [0, 0.1) is 0 Å². The molecule has 3 rings (SSSR count). The number of aromatic nitrogens is 1. The molecule has 1 aromatic heterocycles. The molecule has 0 fully saturated rings. The Morgan fingerprint density at radius 1 is 1.12 bits per heavy atom. The van der Waals surface area contributed by atoms with Crippen molar-refractivity contribution < 1.29 is 9.53 Å². The van der Waals surface area contributed by atoms with E-state index in [1.807, 2.05) is 61.5 Å². The maximum absolute atomic E-state index is 12.5. The van der Waals surface area contributed by atoms with E-state index in [9.17, 15) is 4.79 Å². The molecular weight excluding hydrogens is 300 g/mol. The van der Waals surface area contributed by atoms with Gasteiger partial charge in [-0.05, 0) is 24.6 Å². The third kappa shape index (κ3) is 3.38. The number of pyridine rings is 1. The van der Waals surface area contributed by atoms with E-state index in [2.05, 4.69) is 10.3 Å². The van der Waals surface area contributed by atoms with Gasteiger partial charge >= 0.3 is 0 Å². The summed E-state index contributed by atoms with van der Waals surface area (Å²) in [4.78, 5) is 16.9. The molecule has 0 saturated heterocycles. The summed E-state index contributed by atoms with van der Waals surface area (Å²) in [7, 11) is 1.63. The summed E-state index contributed by atoms with van der Waals surface area (Å²) in [6.07, 6.45) is 2.05. The summed E-state index contributed by atoms with van der Waals surface area (Å²) in [5, 5.41) is 4.08. The van der Waals surface area contributed by atoms with Crippen LogP contribution in [0.25, 0.3) is 10.9 Å². The van der Waals surface area contributed by atoms with Gasteiger partial charge < -0.3 is 10.1 Å². The zero-order valence-corrected chi connectivity index (χ0v) is 13.8. The third-order valence-electron chi connectivity index (χ3n) is 4.05. The van der Waals surface area contributed by atoms with Gasteiger partial charge in [0.15, 0.2) is 0 Å². The standard InChI is InChI=1S/C20H20N2O2/c1-14(17-10-3-4-11-18(17)24-2)22-19(23)13-16-8-5-7-15-9-6-12-21-20(15)16/h3-12,14H,13H2,1-2H3,(H,22,23)/t14-/m1/s1. The Balaban J connectivity index is 1.75. The molecule has 2 aromatic carbocycles. The van der Waals surface area contributed by atoms with E-state index in [0.717, 1.165) is 27.8 Å². The van der Waals surface area contributed by atoms with E-state index < -0.39 is 0 Å². The number of benzene rings is 2. The number of nitrogens with one attached hydrogen (secondary N) is 1. The molecule has 0 unspecified atom stereocenters. The minimum atomic E-state index is -0.128. The molecule has 0 spiro atoms. The average Bonchev–Trinajstić information content (AvgIpc) is 2.62. The first-order chi connectivity index (χ1) is 11.7. The van der Waals surface area contributed by atoms with Gasteiger partial charge in [-0.3, -0.25) is 9.78 Å². The zero-order chi connectivity index (χ0) is 16.9. The van der Waals surface area contributed by atoms with Crippen LogP contribution in [0.4, 0.5) is 0 Å². The average molecular weight is 320 g/mol. The highest BCUT2D eigenvalue weighted by atomic mass is 16.5. The van der Waals surface area contributed by atoms with Crippen LogP contribution in [-0.4, -0.2) is 18.0 Å². The van der Waals surface area contributed by atoms with Gasteiger partial charge in [-0.1, -0.05) is 42.5 Å². The second-order valence-electron chi connectivity index (χ2n) is 5.70. The highest BCUT2D eigenvalue weighted by Crippen LogP contribution is 2.24. The van der Waals surface area contributed by atoms with E-state index >= 15 is 0 Å². The fraction of sp³-hybridized carbons (Fsp3) is 0.200. The van der Waals surface area contributed by atoms with Gasteiger partial charge in [0.1, 0.15) is 5.75 Å². The van der Waals surface area contributed by atoms with Crippen molar-refractivity contribution in [3.63, 3.8) is 0 Å². The predicted molar refractivity (Wildman–Crippen MR) is 95.0 cm³/mol. The molecule has 4 heteroatoms. The molecule has 0 aliphatic heterocycles. The molecule has 3 aromatic rings. The van der Waals surface area contributed by atoms with Gasteiger partial charge in [0.2, 0.25) is 5.91 Å². The lowest BCUT2D eigenvalue weighted by molar-refractivity contribution is -0.121. The molecule has 1 atom stereocenters. The molecule has 24 heavy (non-hydrogen) atoms. The topological polar surface area (TPSA) is 51.2 Å². The summed E-state index contributed by atoms with van der Waals surface area (Å²) >= 11 is 0. The van der Waals surface area contributed by atoms with Crippen LogP contribution in [0.1, 0.15) is 24.1 Å². The molecule has 1 heterocycles. The molecule has 122 valence electrons. The SMILES string of the molecule is COc1ccccc1[C@@H](C)NC(=O)Cc1cccc2cccnc12. The van der Waals surface area contributed by atoms with Gasteiger partial charge in [0.05, 0.1) is 25.1 Å². The summed E-state index contributed by atoms with van der Waals surface area (Å²) in [5.74, 6) is 0.740. The predicted octanol–water partition coefficient (Wildman–Crippen LogP) is 3.66. The molecule has 4 nitrogen and oxygen atoms in total. The molecule has 0 saturated carbocycles. The fourth-order valence-corrected chi connectivity index (χ4v) is 2.88. The van der Waals surface area contributed by atoms with Crippen LogP contribution < -0.4 is 10.1 Å². The van der Waals surface area contributed by atoms with E-state index in [1.54, 1.807) is 13.3 Å². The van der Waals surface area contributed by atoms with Crippen molar-refractivity contribution in [3.05, 3.63) is 71.9 Å². The van der Waals surface area contributed by atoms with Crippen molar-refractivity contribution in [2.75, 3.05) is 7.11 Å². The molecule has 0 radical (unpaired) electrons. The highest BCUT2D eigenvalue weighted by Gasteiger charge is 2.14. The molecule has 0 aliphatic carbocycles. The van der Waals surface area contributed by atoms with Crippen LogP contribution in [0.3, 0.4) is 0 Å². The lowest BCUT2D eigenvalue weighted by Gasteiger charge is -2.17. The monoisotopic (exact) mass is 320 g/mol. The number of amides is 1. The maximum atomic E-state index is 12.5. The quantitative estimate of drug-likeness (QED) is 0.780. The van der Waals surface area contributed by atoms with Crippen LogP contribution in [-0.2, 0) is 11.2 Å². The van der Waals surface area contributed by atoms with Crippen molar-refractivity contribution in [2.45, 2.75) is 19.4 Å². The number of para-hydroxylation sites is 2. The number of hydrogen-bond donors (Lipinski definition) is 1. The van der Waals surface area contributed by atoms with Crippen molar-refractivity contribution in [3.8, 4) is 5.75 Å². The number of methoxy groups -OCH3 is 1. The van der Waals surface area contributed by atoms with Gasteiger partial charge in [0.25, 0.3) is 0 Å². The third-order valence-corrected chi connectivity index (χ3v) is 4.05. The molecule has 1 amide bonds. The first-order valence-corrected chi connectivity index (χ1v) is 7.94. The van der Waals surface area contributed by atoms with E-state index in [1.165, 1.54) is 0 Å². The number of fused-ring (bicyclic) bond motifs is 1. The van der Waals surface area contributed by atoms with Crippen molar-refractivity contribution in [1.82, 2.24) is 10.3 Å². The van der Waals surface area contributed by atoms with Crippen LogP contribution in [0.15, 0.2) is 60.8 Å². The van der Waals surface area contributed by atoms with E-state index in [4.69, 9.17) is 4.74 Å². The number of carbonyl (C=O) groups is 1. The summed E-state index contributed by atoms with van der Waals surface area (Å²) in [6, 6.07) is 17.4. The Morgan fingerprint density at radius 3 is 2.75 bits per heavy atom. The first-order valence-electron chi connectivity index (χ1n) is 7.94. The Labute approximate surface area is 141 Å². The normalized spacial score (nSPS) is 11.9. The second kappa shape index (κ2) is 7.13. The maximum Gasteiger partial charge on any atom is 0.224 e. The molecular formula is C20H20N2O2. The minimum Gasteiger partial charge on any atom is -0.496 e. The van der Waals surface area contributed by atoms with Gasteiger partial charge in [0, 0.05) is 17.1 Å². The number of nitrogens with zero attached hydrogens (tertiary/aromatic N) is 1. The number of hydrogen-bond acceptors (Lipinski definition) is 3. The van der Waals surface area contributed by atoms with E-state index in [-0.39, 0.29) is 11.9 Å². The summed E-state index contributed by atoms with van der Waals surface area (Å²) in [6.45, 7) is 1.96. The number of ether oxygens (including phenoxy) is 1. The largest absolute Gasteiger partial charge is 0.496 e. The Morgan fingerprint density at radius 2 is 1.92 bits per heavy atom. The van der Waals surface area contributed by atoms with Crippen molar-refractivity contribution in [2.24, 2.45) is 0 Å². The number of carbonyl (C=O) groups excluding carboxylic acids is 1. The highest BCUT2D eigenvalue weighted by molar-refractivity contribution is 5.87. The second-order valence-corrected chi connectivity index (χ2v) is 5.70. The van der Waals surface area contributed by atoms with Gasteiger partial charge in [-0.15, -0.1) is 0 Å². The van der Waals surface area contributed by atoms with Crippen LogP contribution in [0.2, 0.25) is 0 Å². The fourth-order valence-electron chi connectivity index (χ4n) is 2.88. The number of rotatable bonds is 5. The molecule has 0 bridgehead atoms. The zero-order valence-electron chi connectivity index (χ0n) is 13.8. The minimum absolute atomic E-state index is 0.0356. The Kier molecular flexibility index (Phi) is 4.75. The van der Waals surface area contributed by atoms with E-state index in [0.29, 0.717) is 6.42 Å². The summed E-state index contributed by atoms with van der Waals surface area (Å²) < 4.78 is 5.36. The first kappa shape index (κ1) is 16.0. The molecule has 0 aliphatic rings. The van der Waals surface area contributed by atoms with Crippen LogP contribution in [0.5, 0.6) is 5.75 Å². The smallest absolute Gasteiger partial charge is 0.224 e. The van der Waals surface area contributed by atoms with Crippen molar-refractivity contribution >= 4 is 16.8 Å².